The molecular weight excluding hydrogens is 401 g/mol. The number of hydrogen-bond acceptors (Lipinski definition) is 5. The maximum absolute atomic E-state index is 12.6. The van der Waals surface area contributed by atoms with Gasteiger partial charge in [0.1, 0.15) is 17.1 Å². The van der Waals surface area contributed by atoms with Crippen molar-refractivity contribution in [1.82, 2.24) is 10.3 Å². The summed E-state index contributed by atoms with van der Waals surface area (Å²) in [5.74, 6) is -0.0373. The van der Waals surface area contributed by atoms with Crippen LogP contribution in [0.25, 0.3) is 0 Å². The number of nitrogens with zero attached hydrogens (tertiary/aromatic N) is 1. The van der Waals surface area contributed by atoms with Crippen molar-refractivity contribution in [3.63, 3.8) is 0 Å². The third-order valence-electron chi connectivity index (χ3n) is 4.48. The van der Waals surface area contributed by atoms with E-state index in [1.165, 1.54) is 7.11 Å². The second-order valence-electron chi connectivity index (χ2n) is 7.23. The minimum Gasteiger partial charge on any atom is -0.467 e. The number of anilines is 2. The lowest BCUT2D eigenvalue weighted by Crippen LogP contribution is -2.50. The minimum absolute atomic E-state index is 0.189. The van der Waals surface area contributed by atoms with Gasteiger partial charge in [0.15, 0.2) is 0 Å². The van der Waals surface area contributed by atoms with Crippen LogP contribution in [0.15, 0.2) is 30.3 Å². The lowest BCUT2D eigenvalue weighted by Gasteiger charge is -2.23. The van der Waals surface area contributed by atoms with Crippen molar-refractivity contribution in [3.05, 3.63) is 51.6 Å². The average Bonchev–Trinajstić information content (AvgIpc) is 3.48. The van der Waals surface area contributed by atoms with Crippen LogP contribution in [0.3, 0.4) is 0 Å². The van der Waals surface area contributed by atoms with Gasteiger partial charge in [-0.25, -0.2) is 9.78 Å². The maximum atomic E-state index is 12.6. The van der Waals surface area contributed by atoms with E-state index in [4.69, 9.17) is 27.9 Å². The van der Waals surface area contributed by atoms with E-state index < -0.39 is 17.4 Å². The average molecular weight is 422 g/mol. The fourth-order valence-corrected chi connectivity index (χ4v) is 3.25. The predicted molar refractivity (Wildman–Crippen MR) is 110 cm³/mol. The van der Waals surface area contributed by atoms with Gasteiger partial charge >= 0.3 is 5.97 Å². The van der Waals surface area contributed by atoms with Gasteiger partial charge in [0, 0.05) is 5.02 Å². The molecule has 1 heterocycles. The number of carbonyl (C=O) groups is 2. The molecule has 1 aromatic carbocycles. The highest BCUT2D eigenvalue weighted by Gasteiger charge is 2.32. The lowest BCUT2D eigenvalue weighted by molar-refractivity contribution is -0.146. The number of esters is 1. The van der Waals surface area contributed by atoms with Crippen LogP contribution < -0.4 is 10.6 Å². The van der Waals surface area contributed by atoms with E-state index in [0.717, 1.165) is 18.4 Å². The molecule has 2 aromatic rings. The first-order valence-electron chi connectivity index (χ1n) is 8.85. The summed E-state index contributed by atoms with van der Waals surface area (Å²) >= 11 is 12.2. The molecule has 148 valence electrons. The second-order valence-corrected chi connectivity index (χ2v) is 8.07. The normalized spacial score (nSPS) is 13.8. The molecule has 0 aliphatic heterocycles. The van der Waals surface area contributed by atoms with Crippen molar-refractivity contribution in [2.24, 2.45) is 0 Å². The summed E-state index contributed by atoms with van der Waals surface area (Å²) in [6.45, 7) is 3.14. The first kappa shape index (κ1) is 20.4. The molecule has 1 amide bonds. The summed E-state index contributed by atoms with van der Waals surface area (Å²) < 4.78 is 4.72. The van der Waals surface area contributed by atoms with E-state index in [-0.39, 0.29) is 5.69 Å². The number of benzene rings is 1. The Morgan fingerprint density at radius 1 is 1.18 bits per heavy atom. The summed E-state index contributed by atoms with van der Waals surface area (Å²) in [5, 5.41) is 6.85. The molecule has 2 N–H and O–H groups in total. The zero-order valence-corrected chi connectivity index (χ0v) is 17.3. The van der Waals surface area contributed by atoms with Crippen LogP contribution in [-0.4, -0.2) is 29.5 Å². The number of rotatable bonds is 6. The Labute approximate surface area is 173 Å². The molecule has 0 unspecified atom stereocenters. The number of amides is 1. The minimum atomic E-state index is -1.17. The highest BCUT2D eigenvalue weighted by atomic mass is 35.5. The highest BCUT2D eigenvalue weighted by molar-refractivity contribution is 6.36. The van der Waals surface area contributed by atoms with Crippen molar-refractivity contribution in [2.45, 2.75) is 38.1 Å². The van der Waals surface area contributed by atoms with E-state index >= 15 is 0 Å². The van der Waals surface area contributed by atoms with Crippen LogP contribution in [0.2, 0.25) is 10.0 Å². The van der Waals surface area contributed by atoms with Crippen LogP contribution >= 0.6 is 23.2 Å². The Hall–Kier alpha value is -2.31. The summed E-state index contributed by atoms with van der Waals surface area (Å²) in [7, 11) is 1.27. The number of methoxy groups -OCH3 is 1. The van der Waals surface area contributed by atoms with Crippen molar-refractivity contribution in [1.29, 1.82) is 0 Å². The van der Waals surface area contributed by atoms with E-state index in [1.54, 1.807) is 38.1 Å². The van der Waals surface area contributed by atoms with Crippen LogP contribution in [0.1, 0.15) is 48.7 Å². The molecule has 1 aromatic heterocycles. The van der Waals surface area contributed by atoms with Gasteiger partial charge < -0.3 is 15.4 Å². The number of hydrogen-bond donors (Lipinski definition) is 2. The third kappa shape index (κ3) is 4.56. The van der Waals surface area contributed by atoms with Gasteiger partial charge in [0.05, 0.1) is 17.8 Å². The van der Waals surface area contributed by atoms with Gasteiger partial charge in [-0.15, -0.1) is 0 Å². The SMILES string of the molecule is COC(=O)C(C)(C)NC(=O)c1ccc(C2CC2)c(Nc2ccc(Cl)cc2Cl)n1. The predicted octanol–water partition coefficient (Wildman–Crippen LogP) is 4.69. The molecule has 8 heteroatoms. The monoisotopic (exact) mass is 421 g/mol. The van der Waals surface area contributed by atoms with Gasteiger partial charge in [-0.2, -0.15) is 0 Å². The molecule has 1 aliphatic rings. The zero-order valence-electron chi connectivity index (χ0n) is 15.8. The van der Waals surface area contributed by atoms with E-state index in [2.05, 4.69) is 15.6 Å². The van der Waals surface area contributed by atoms with Crippen molar-refractivity contribution in [2.75, 3.05) is 12.4 Å². The molecule has 3 rings (SSSR count). The van der Waals surface area contributed by atoms with Gasteiger partial charge in [0.2, 0.25) is 0 Å². The largest absolute Gasteiger partial charge is 0.467 e. The smallest absolute Gasteiger partial charge is 0.330 e. The molecule has 0 radical (unpaired) electrons. The van der Waals surface area contributed by atoms with Crippen molar-refractivity contribution in [3.8, 4) is 0 Å². The van der Waals surface area contributed by atoms with Gasteiger partial charge in [-0.05, 0) is 62.4 Å². The Kier molecular flexibility index (Phi) is 5.82. The van der Waals surface area contributed by atoms with E-state index in [9.17, 15) is 9.59 Å². The first-order valence-corrected chi connectivity index (χ1v) is 9.61. The van der Waals surface area contributed by atoms with E-state index in [1.807, 2.05) is 6.07 Å². The summed E-state index contributed by atoms with van der Waals surface area (Å²) in [6, 6.07) is 8.66. The van der Waals surface area contributed by atoms with Crippen molar-refractivity contribution >= 4 is 46.6 Å². The Balaban J connectivity index is 1.89. The van der Waals surface area contributed by atoms with Gasteiger partial charge in [-0.3, -0.25) is 4.79 Å². The topological polar surface area (TPSA) is 80.3 Å². The molecule has 0 atom stereocenters. The second kappa shape index (κ2) is 7.97. The molecule has 1 aliphatic carbocycles. The molecule has 0 bridgehead atoms. The van der Waals surface area contributed by atoms with Crippen molar-refractivity contribution < 1.29 is 14.3 Å². The maximum Gasteiger partial charge on any atom is 0.330 e. The van der Waals surface area contributed by atoms with Gasteiger partial charge in [-0.1, -0.05) is 29.3 Å². The molecule has 6 nitrogen and oxygen atoms in total. The number of pyridine rings is 1. The Morgan fingerprint density at radius 2 is 1.89 bits per heavy atom. The fourth-order valence-electron chi connectivity index (χ4n) is 2.79. The first-order chi connectivity index (χ1) is 13.2. The molecular formula is C20H21Cl2N3O3. The molecule has 28 heavy (non-hydrogen) atoms. The summed E-state index contributed by atoms with van der Waals surface area (Å²) in [4.78, 5) is 29.0. The van der Waals surface area contributed by atoms with Gasteiger partial charge in [0.25, 0.3) is 5.91 Å². The quantitative estimate of drug-likeness (QED) is 0.661. The highest BCUT2D eigenvalue weighted by Crippen LogP contribution is 2.44. The Bertz CT molecular complexity index is 927. The molecule has 0 saturated heterocycles. The van der Waals surface area contributed by atoms with Crippen LogP contribution in [0.5, 0.6) is 0 Å². The summed E-state index contributed by atoms with van der Waals surface area (Å²) in [5.41, 5.74) is 0.687. The molecule has 1 saturated carbocycles. The lowest BCUT2D eigenvalue weighted by atomic mass is 10.1. The standard InChI is InChI=1S/C20H21Cl2N3O3/c1-20(2,19(27)28-3)25-18(26)16-9-7-13(11-4-5-11)17(24-16)23-15-8-6-12(21)10-14(15)22/h6-11H,4-5H2,1-3H3,(H,23,24)(H,25,26). The van der Waals surface area contributed by atoms with Crippen LogP contribution in [0.4, 0.5) is 11.5 Å². The van der Waals surface area contributed by atoms with Crippen LogP contribution in [-0.2, 0) is 9.53 Å². The van der Waals surface area contributed by atoms with Crippen LogP contribution in [0, 0.1) is 0 Å². The number of nitrogens with one attached hydrogen (secondary N) is 2. The number of halogens is 2. The Morgan fingerprint density at radius 3 is 2.50 bits per heavy atom. The number of carbonyl (C=O) groups excluding carboxylic acids is 2. The molecule has 1 fully saturated rings. The third-order valence-corrected chi connectivity index (χ3v) is 5.03. The number of aromatic nitrogens is 1. The number of ether oxygens (including phenoxy) is 1. The van der Waals surface area contributed by atoms with E-state index in [0.29, 0.717) is 27.5 Å². The fraction of sp³-hybridized carbons (Fsp3) is 0.350. The summed E-state index contributed by atoms with van der Waals surface area (Å²) in [6.07, 6.45) is 2.15. The molecule has 0 spiro atoms. The zero-order chi connectivity index (χ0) is 20.5.